The third kappa shape index (κ3) is 2.93. The van der Waals surface area contributed by atoms with Crippen molar-refractivity contribution < 1.29 is 10.2 Å². The predicted octanol–water partition coefficient (Wildman–Crippen LogP) is 2.97. The van der Waals surface area contributed by atoms with Gasteiger partial charge in [0, 0.05) is 34.2 Å². The maximum absolute atomic E-state index is 10.5. The first-order valence-corrected chi connectivity index (χ1v) is 10.7. The molecule has 0 saturated heterocycles. The van der Waals surface area contributed by atoms with Crippen molar-refractivity contribution in [2.45, 2.75) is 37.6 Å². The van der Waals surface area contributed by atoms with Gasteiger partial charge in [0.25, 0.3) is 0 Å². The van der Waals surface area contributed by atoms with Gasteiger partial charge in [0.1, 0.15) is 5.82 Å². The van der Waals surface area contributed by atoms with Crippen LogP contribution >= 0.6 is 0 Å². The van der Waals surface area contributed by atoms with Gasteiger partial charge in [-0.05, 0) is 42.2 Å². The number of hydrogen-bond donors (Lipinski definition) is 4. The van der Waals surface area contributed by atoms with Gasteiger partial charge < -0.3 is 15.2 Å². The zero-order chi connectivity index (χ0) is 21.1. The zero-order valence-electron chi connectivity index (χ0n) is 17.2. The fraction of sp³-hybridized carbons (Fsp3) is 0.292. The molecule has 5 atom stereocenters. The maximum atomic E-state index is 10.5. The van der Waals surface area contributed by atoms with Gasteiger partial charge >= 0.3 is 0 Å². The monoisotopic (exact) mass is 415 g/mol. The molecule has 3 aliphatic rings. The van der Waals surface area contributed by atoms with E-state index >= 15 is 0 Å². The summed E-state index contributed by atoms with van der Waals surface area (Å²) in [4.78, 5) is 8.03. The number of hydrogen-bond acceptors (Lipinski definition) is 6. The minimum atomic E-state index is -0.812. The molecule has 0 amide bonds. The van der Waals surface area contributed by atoms with Crippen LogP contribution in [0.4, 0.5) is 0 Å². The summed E-state index contributed by atoms with van der Waals surface area (Å²) in [6, 6.07) is 14.5. The first-order valence-electron chi connectivity index (χ1n) is 10.7. The minimum Gasteiger partial charge on any atom is -0.390 e. The van der Waals surface area contributed by atoms with E-state index in [-0.39, 0.29) is 18.0 Å². The van der Waals surface area contributed by atoms with E-state index in [9.17, 15) is 10.2 Å². The van der Waals surface area contributed by atoms with Gasteiger partial charge in [0.15, 0.2) is 0 Å². The lowest BCUT2D eigenvalue weighted by atomic mass is 10.0. The zero-order valence-corrected chi connectivity index (χ0v) is 17.2. The van der Waals surface area contributed by atoms with Crippen molar-refractivity contribution in [3.63, 3.8) is 0 Å². The summed E-state index contributed by atoms with van der Waals surface area (Å²) in [6.07, 6.45) is 6.89. The lowest BCUT2D eigenvalue weighted by Gasteiger charge is -2.36. The molecule has 0 radical (unpaired) electrons. The average molecular weight is 415 g/mol. The summed E-state index contributed by atoms with van der Waals surface area (Å²) in [5.41, 5.74) is 6.79. The van der Waals surface area contributed by atoms with Crippen LogP contribution in [0.1, 0.15) is 24.9 Å². The first-order chi connectivity index (χ1) is 15.1. The number of nitrogens with zero attached hydrogens (tertiary/aromatic N) is 3. The van der Waals surface area contributed by atoms with Gasteiger partial charge in [-0.25, -0.2) is 15.4 Å². The Bertz CT molecular complexity index is 1250. The Morgan fingerprint density at radius 2 is 1.90 bits per heavy atom. The predicted molar refractivity (Wildman–Crippen MR) is 121 cm³/mol. The summed E-state index contributed by atoms with van der Waals surface area (Å²) in [7, 11) is 0. The van der Waals surface area contributed by atoms with Gasteiger partial charge in [-0.3, -0.25) is 0 Å². The Labute approximate surface area is 179 Å². The lowest BCUT2D eigenvalue weighted by Crippen LogP contribution is -2.53. The molecule has 3 heterocycles. The van der Waals surface area contributed by atoms with E-state index < -0.39 is 12.2 Å². The van der Waals surface area contributed by atoms with Crippen molar-refractivity contribution in [3.05, 3.63) is 72.2 Å². The van der Waals surface area contributed by atoms with Gasteiger partial charge in [-0.15, -0.1) is 5.12 Å². The topological polar surface area (TPSA) is 87.1 Å². The normalized spacial score (nSPS) is 30.5. The van der Waals surface area contributed by atoms with E-state index in [0.717, 1.165) is 22.4 Å². The second-order valence-corrected chi connectivity index (χ2v) is 8.68. The number of para-hydroxylation sites is 1. The minimum absolute atomic E-state index is 0.0404. The molecule has 7 heteroatoms. The molecular weight excluding hydrogens is 390 g/mol. The Hall–Kier alpha value is -2.97. The average Bonchev–Trinajstić information content (AvgIpc) is 3.42. The number of aromatic amines is 1. The molecule has 3 aromatic rings. The summed E-state index contributed by atoms with van der Waals surface area (Å²) >= 11 is 0. The van der Waals surface area contributed by atoms with E-state index in [4.69, 9.17) is 0 Å². The van der Waals surface area contributed by atoms with Crippen molar-refractivity contribution >= 4 is 28.0 Å². The molecule has 1 fully saturated rings. The Morgan fingerprint density at radius 1 is 1.06 bits per heavy atom. The van der Waals surface area contributed by atoms with Crippen molar-refractivity contribution in [1.82, 2.24) is 20.5 Å². The highest BCUT2D eigenvalue weighted by atomic mass is 16.3. The van der Waals surface area contributed by atoms with Crippen LogP contribution in [0.25, 0.3) is 21.8 Å². The lowest BCUT2D eigenvalue weighted by molar-refractivity contribution is -0.0549. The van der Waals surface area contributed by atoms with Crippen LogP contribution in [0.15, 0.2) is 71.6 Å². The van der Waals surface area contributed by atoms with Gasteiger partial charge in [-0.2, -0.15) is 0 Å². The van der Waals surface area contributed by atoms with Crippen LogP contribution in [-0.2, 0) is 0 Å². The fourth-order valence-electron chi connectivity index (χ4n) is 5.01. The maximum Gasteiger partial charge on any atom is 0.146 e. The summed E-state index contributed by atoms with van der Waals surface area (Å²) < 4.78 is 0. The number of allylic oxidation sites excluding steroid dienone is 1. The fourth-order valence-corrected chi connectivity index (χ4v) is 5.01. The number of aromatic nitrogens is 1. The second kappa shape index (κ2) is 7.03. The summed E-state index contributed by atoms with van der Waals surface area (Å²) in [5.74, 6) is 0.872. The van der Waals surface area contributed by atoms with Crippen molar-refractivity contribution in [3.8, 4) is 0 Å². The van der Waals surface area contributed by atoms with Crippen molar-refractivity contribution in [2.24, 2.45) is 10.9 Å². The second-order valence-electron chi connectivity index (χ2n) is 8.68. The molecule has 0 bridgehead atoms. The third-order valence-electron chi connectivity index (χ3n) is 6.70. The van der Waals surface area contributed by atoms with Gasteiger partial charge in [-0.1, -0.05) is 37.3 Å². The van der Waals surface area contributed by atoms with Crippen LogP contribution in [0.5, 0.6) is 0 Å². The smallest absolute Gasteiger partial charge is 0.146 e. The van der Waals surface area contributed by atoms with Crippen LogP contribution < -0.4 is 5.43 Å². The van der Waals surface area contributed by atoms with E-state index in [1.54, 1.807) is 6.21 Å². The van der Waals surface area contributed by atoms with Crippen LogP contribution in [0, 0.1) is 5.92 Å². The molecule has 1 unspecified atom stereocenters. The number of aliphatic imine (C=N–C) groups is 1. The number of nitrogens with one attached hydrogen (secondary N) is 2. The number of hydrazine groups is 2. The third-order valence-corrected chi connectivity index (χ3v) is 6.70. The van der Waals surface area contributed by atoms with E-state index in [0.29, 0.717) is 6.42 Å². The number of fused-ring (bicyclic) bond motifs is 4. The highest BCUT2D eigenvalue weighted by Crippen LogP contribution is 2.37. The molecule has 1 aromatic heterocycles. The quantitative estimate of drug-likeness (QED) is 0.528. The molecule has 6 rings (SSSR count). The summed E-state index contributed by atoms with van der Waals surface area (Å²) in [6.45, 7) is 1.97. The van der Waals surface area contributed by atoms with E-state index in [1.807, 2.05) is 35.4 Å². The molecule has 1 saturated carbocycles. The van der Waals surface area contributed by atoms with E-state index in [2.05, 4.69) is 57.9 Å². The number of aliphatic hydroxyl groups excluding tert-OH is 2. The number of aliphatic hydroxyl groups is 2. The standard InChI is InChI=1S/C24H25N5O2/c1-14-11-20(24(31)23(14)30)27-29-21(13-22-25-9-4-10-28(22)29)15-7-8-17-16-5-2-3-6-18(16)26-19(17)12-15/h2-10,12-14,20-21,23-24,26-27,30-31H,11H2,1H3/t14-,20-,21?,23-,24+/m1/s1. The highest BCUT2D eigenvalue weighted by molar-refractivity contribution is 6.07. The molecule has 2 aromatic carbocycles. The van der Waals surface area contributed by atoms with Crippen LogP contribution in [0.2, 0.25) is 0 Å². The molecule has 4 N–H and O–H groups in total. The first kappa shape index (κ1) is 18.8. The molecule has 1 aliphatic carbocycles. The molecule has 2 aliphatic heterocycles. The molecular formula is C24H25N5O2. The number of H-pyrrole nitrogens is 1. The van der Waals surface area contributed by atoms with Gasteiger partial charge in [0.2, 0.25) is 0 Å². The summed E-state index contributed by atoms with van der Waals surface area (Å²) in [5, 5.41) is 27.1. The van der Waals surface area contributed by atoms with E-state index in [1.165, 1.54) is 10.8 Å². The van der Waals surface area contributed by atoms with Crippen molar-refractivity contribution in [1.29, 1.82) is 0 Å². The molecule has 31 heavy (non-hydrogen) atoms. The number of benzene rings is 2. The Kier molecular flexibility index (Phi) is 4.26. The molecule has 0 spiro atoms. The van der Waals surface area contributed by atoms with Crippen molar-refractivity contribution in [2.75, 3.05) is 0 Å². The molecule has 158 valence electrons. The SMILES string of the molecule is C[C@@H]1C[C@@H](NN2C(c3ccc4c(c3)[nH]c3ccccc34)C=C3N=CC=CN32)[C@H](O)[C@@H]1O. The number of rotatable bonds is 3. The largest absolute Gasteiger partial charge is 0.390 e. The van der Waals surface area contributed by atoms with Crippen LogP contribution in [-0.4, -0.2) is 49.8 Å². The van der Waals surface area contributed by atoms with Gasteiger partial charge in [0.05, 0.1) is 24.3 Å². The Balaban J connectivity index is 1.38. The highest BCUT2D eigenvalue weighted by Gasteiger charge is 2.43. The Morgan fingerprint density at radius 3 is 2.74 bits per heavy atom. The van der Waals surface area contributed by atoms with Crippen LogP contribution in [0.3, 0.4) is 0 Å². The molecule has 7 nitrogen and oxygen atoms in total.